The van der Waals surface area contributed by atoms with E-state index >= 15 is 0 Å². The maximum atomic E-state index is 2.61. The zero-order valence-electron chi connectivity index (χ0n) is 11.8. The van der Waals surface area contributed by atoms with Gasteiger partial charge < -0.3 is 0 Å². The molecule has 0 saturated heterocycles. The van der Waals surface area contributed by atoms with Crippen molar-refractivity contribution < 1.29 is 0 Å². The standard InChI is InChI=1S/C16H30/c1-13-9-8-12-16(4,15(13,2)3)14-10-6-5-7-11-14/h13-14H,5-12H2,1-4H3. The molecule has 2 saturated carbocycles. The van der Waals surface area contributed by atoms with Crippen LogP contribution in [0.1, 0.15) is 79.1 Å². The van der Waals surface area contributed by atoms with Gasteiger partial charge in [0.1, 0.15) is 0 Å². The lowest BCUT2D eigenvalue weighted by atomic mass is 9.48. The van der Waals surface area contributed by atoms with Crippen molar-refractivity contribution >= 4 is 0 Å². The molecule has 0 aromatic heterocycles. The third-order valence-corrected chi connectivity index (χ3v) is 6.54. The average Bonchev–Trinajstić information content (AvgIpc) is 2.28. The third-order valence-electron chi connectivity index (χ3n) is 6.54. The van der Waals surface area contributed by atoms with Crippen LogP contribution in [0, 0.1) is 22.7 Å². The zero-order chi connectivity index (χ0) is 11.8. The van der Waals surface area contributed by atoms with Crippen LogP contribution in [0.2, 0.25) is 0 Å². The van der Waals surface area contributed by atoms with Crippen LogP contribution in [-0.2, 0) is 0 Å². The predicted octanol–water partition coefficient (Wildman–Crippen LogP) is 5.42. The first-order valence-electron chi connectivity index (χ1n) is 7.48. The van der Waals surface area contributed by atoms with Gasteiger partial charge in [-0.25, -0.2) is 0 Å². The summed E-state index contributed by atoms with van der Waals surface area (Å²) in [7, 11) is 0. The van der Waals surface area contributed by atoms with E-state index in [1.807, 2.05) is 0 Å². The Hall–Kier alpha value is 0. The van der Waals surface area contributed by atoms with Gasteiger partial charge in [-0.1, -0.05) is 59.8 Å². The average molecular weight is 222 g/mol. The molecule has 0 heterocycles. The molecule has 16 heavy (non-hydrogen) atoms. The molecule has 94 valence electrons. The second-order valence-electron chi connectivity index (χ2n) is 7.27. The highest BCUT2D eigenvalue weighted by molar-refractivity contribution is 5.00. The van der Waals surface area contributed by atoms with Crippen LogP contribution in [0.3, 0.4) is 0 Å². The molecule has 0 heteroatoms. The molecule has 0 bridgehead atoms. The topological polar surface area (TPSA) is 0 Å². The summed E-state index contributed by atoms with van der Waals surface area (Å²) in [6.07, 6.45) is 11.9. The monoisotopic (exact) mass is 222 g/mol. The molecule has 0 amide bonds. The van der Waals surface area contributed by atoms with Gasteiger partial charge in [0.25, 0.3) is 0 Å². The van der Waals surface area contributed by atoms with Crippen LogP contribution in [0.4, 0.5) is 0 Å². The largest absolute Gasteiger partial charge is 0.0620 e. The quantitative estimate of drug-likeness (QED) is 0.556. The van der Waals surface area contributed by atoms with Crippen molar-refractivity contribution in [2.24, 2.45) is 22.7 Å². The number of hydrogen-bond acceptors (Lipinski definition) is 0. The lowest BCUT2D eigenvalue weighted by Gasteiger charge is -2.57. The smallest absolute Gasteiger partial charge is 0.0244 e. The Balaban J connectivity index is 2.20. The summed E-state index contributed by atoms with van der Waals surface area (Å²) < 4.78 is 0. The zero-order valence-corrected chi connectivity index (χ0v) is 11.8. The second-order valence-corrected chi connectivity index (χ2v) is 7.27. The first-order chi connectivity index (χ1) is 7.48. The minimum atomic E-state index is 0.549. The van der Waals surface area contributed by atoms with Crippen molar-refractivity contribution in [3.8, 4) is 0 Å². The first-order valence-corrected chi connectivity index (χ1v) is 7.48. The predicted molar refractivity (Wildman–Crippen MR) is 71.5 cm³/mol. The van der Waals surface area contributed by atoms with Crippen molar-refractivity contribution in [3.63, 3.8) is 0 Å². The fourth-order valence-corrected chi connectivity index (χ4v) is 4.49. The number of hydrogen-bond donors (Lipinski definition) is 0. The molecular weight excluding hydrogens is 192 g/mol. The Morgan fingerprint density at radius 3 is 2.06 bits per heavy atom. The van der Waals surface area contributed by atoms with Gasteiger partial charge in [-0.15, -0.1) is 0 Å². The van der Waals surface area contributed by atoms with E-state index in [0.29, 0.717) is 10.8 Å². The number of rotatable bonds is 1. The molecule has 2 aliphatic carbocycles. The van der Waals surface area contributed by atoms with E-state index in [-0.39, 0.29) is 0 Å². The summed E-state index contributed by atoms with van der Waals surface area (Å²) in [4.78, 5) is 0. The van der Waals surface area contributed by atoms with Gasteiger partial charge in [-0.3, -0.25) is 0 Å². The maximum Gasteiger partial charge on any atom is -0.0244 e. The van der Waals surface area contributed by atoms with Crippen molar-refractivity contribution in [1.29, 1.82) is 0 Å². The Kier molecular flexibility index (Phi) is 3.39. The van der Waals surface area contributed by atoms with Crippen LogP contribution in [0.15, 0.2) is 0 Å². The molecule has 0 aromatic rings. The van der Waals surface area contributed by atoms with Crippen LogP contribution in [0.25, 0.3) is 0 Å². The second kappa shape index (κ2) is 4.35. The summed E-state index contributed by atoms with van der Waals surface area (Å²) in [5, 5.41) is 0. The molecule has 2 aliphatic rings. The summed E-state index contributed by atoms with van der Waals surface area (Å²) in [6, 6.07) is 0. The molecule has 2 unspecified atom stereocenters. The van der Waals surface area contributed by atoms with Gasteiger partial charge in [0.2, 0.25) is 0 Å². The molecule has 0 radical (unpaired) electrons. The minimum absolute atomic E-state index is 0.549. The van der Waals surface area contributed by atoms with Crippen molar-refractivity contribution in [2.45, 2.75) is 79.1 Å². The van der Waals surface area contributed by atoms with Crippen LogP contribution in [0.5, 0.6) is 0 Å². The van der Waals surface area contributed by atoms with Crippen LogP contribution >= 0.6 is 0 Å². The van der Waals surface area contributed by atoms with E-state index in [2.05, 4.69) is 27.7 Å². The highest BCUT2D eigenvalue weighted by atomic mass is 14.5. The normalized spacial score (nSPS) is 40.9. The highest BCUT2D eigenvalue weighted by Gasteiger charge is 2.50. The molecule has 0 N–H and O–H groups in total. The van der Waals surface area contributed by atoms with Crippen molar-refractivity contribution in [2.75, 3.05) is 0 Å². The Labute approximate surface area is 102 Å². The molecular formula is C16H30. The van der Waals surface area contributed by atoms with E-state index < -0.39 is 0 Å². The minimum Gasteiger partial charge on any atom is -0.0620 e. The van der Waals surface area contributed by atoms with Gasteiger partial charge in [-0.2, -0.15) is 0 Å². The van der Waals surface area contributed by atoms with E-state index in [0.717, 1.165) is 11.8 Å². The lowest BCUT2D eigenvalue weighted by molar-refractivity contribution is -0.0720. The van der Waals surface area contributed by atoms with Gasteiger partial charge >= 0.3 is 0 Å². The summed E-state index contributed by atoms with van der Waals surface area (Å²) in [6.45, 7) is 10.2. The Morgan fingerprint density at radius 1 is 0.812 bits per heavy atom. The van der Waals surface area contributed by atoms with E-state index in [1.54, 1.807) is 0 Å². The summed E-state index contributed by atoms with van der Waals surface area (Å²) in [5.74, 6) is 1.92. The summed E-state index contributed by atoms with van der Waals surface area (Å²) >= 11 is 0. The van der Waals surface area contributed by atoms with Gasteiger partial charge in [0.15, 0.2) is 0 Å². The van der Waals surface area contributed by atoms with Crippen LogP contribution in [-0.4, -0.2) is 0 Å². The molecule has 2 atom stereocenters. The lowest BCUT2D eigenvalue weighted by Crippen LogP contribution is -2.48. The molecule has 2 fully saturated rings. The fraction of sp³-hybridized carbons (Fsp3) is 1.00. The van der Waals surface area contributed by atoms with E-state index in [9.17, 15) is 0 Å². The van der Waals surface area contributed by atoms with E-state index in [4.69, 9.17) is 0 Å². The Bertz CT molecular complexity index is 234. The van der Waals surface area contributed by atoms with Crippen LogP contribution < -0.4 is 0 Å². The molecule has 0 aliphatic heterocycles. The highest BCUT2D eigenvalue weighted by Crippen LogP contribution is 2.59. The molecule has 0 aromatic carbocycles. The van der Waals surface area contributed by atoms with E-state index in [1.165, 1.54) is 51.4 Å². The van der Waals surface area contributed by atoms with Gasteiger partial charge in [0.05, 0.1) is 0 Å². The van der Waals surface area contributed by atoms with Crippen molar-refractivity contribution in [3.05, 3.63) is 0 Å². The van der Waals surface area contributed by atoms with Crippen molar-refractivity contribution in [1.82, 2.24) is 0 Å². The van der Waals surface area contributed by atoms with Gasteiger partial charge in [-0.05, 0) is 41.9 Å². The van der Waals surface area contributed by atoms with Gasteiger partial charge in [0, 0.05) is 0 Å². The maximum absolute atomic E-state index is 2.61. The molecule has 2 rings (SSSR count). The fourth-order valence-electron chi connectivity index (χ4n) is 4.49. The summed E-state index contributed by atoms with van der Waals surface area (Å²) in [5.41, 5.74) is 1.17. The SMILES string of the molecule is CC1CCCC(C)(C2CCCCC2)C1(C)C. The first kappa shape index (κ1) is 12.5. The Morgan fingerprint density at radius 2 is 1.44 bits per heavy atom. The third kappa shape index (κ3) is 1.83. The molecule has 0 spiro atoms. The molecule has 0 nitrogen and oxygen atoms in total.